The number of rotatable bonds is 8. The van der Waals surface area contributed by atoms with E-state index in [2.05, 4.69) is 36.4 Å². The Bertz CT molecular complexity index is 1250. The van der Waals surface area contributed by atoms with Gasteiger partial charge in [-0.3, -0.25) is 4.79 Å². The summed E-state index contributed by atoms with van der Waals surface area (Å²) in [5.41, 5.74) is 2.42. The van der Waals surface area contributed by atoms with Gasteiger partial charge in [0.15, 0.2) is 5.78 Å². The Kier molecular flexibility index (Phi) is 7.02. The largest absolute Gasteiger partial charge is 0.491 e. The van der Waals surface area contributed by atoms with E-state index in [4.69, 9.17) is 13.9 Å². The van der Waals surface area contributed by atoms with Gasteiger partial charge >= 0.3 is 6.09 Å². The second-order valence-electron chi connectivity index (χ2n) is 9.59. The molecule has 1 saturated carbocycles. The SMILES string of the molecule is Cc1[nH]c(-c2nnc(C3CC3)o2)c(C)c1C(=O)c1cc(Br)ccc1OCCNC(=O)OC(C)(C)C. The Hall–Kier alpha value is -3.14. The number of nitrogens with one attached hydrogen (secondary N) is 2. The second kappa shape index (κ2) is 9.85. The molecule has 0 radical (unpaired) electrons. The molecule has 9 nitrogen and oxygen atoms in total. The van der Waals surface area contributed by atoms with Gasteiger partial charge in [0.2, 0.25) is 5.89 Å². The van der Waals surface area contributed by atoms with Crippen LogP contribution in [0.2, 0.25) is 0 Å². The number of hydrogen-bond acceptors (Lipinski definition) is 7. The van der Waals surface area contributed by atoms with Crippen molar-refractivity contribution in [2.75, 3.05) is 13.2 Å². The molecule has 1 aliphatic rings. The van der Waals surface area contributed by atoms with E-state index in [-0.39, 0.29) is 18.9 Å². The van der Waals surface area contributed by atoms with E-state index in [0.29, 0.717) is 46.0 Å². The smallest absolute Gasteiger partial charge is 0.407 e. The molecule has 0 saturated heterocycles. The summed E-state index contributed by atoms with van der Waals surface area (Å²) < 4.78 is 17.7. The molecule has 0 spiro atoms. The van der Waals surface area contributed by atoms with Crippen LogP contribution in [0.1, 0.15) is 72.6 Å². The monoisotopic (exact) mass is 544 g/mol. The van der Waals surface area contributed by atoms with E-state index in [0.717, 1.165) is 22.9 Å². The Balaban J connectivity index is 1.51. The lowest BCUT2D eigenvalue weighted by molar-refractivity contribution is 0.0519. The maximum absolute atomic E-state index is 13.6. The van der Waals surface area contributed by atoms with Gasteiger partial charge in [0.1, 0.15) is 23.7 Å². The number of hydrogen-bond donors (Lipinski definition) is 2. The number of ether oxygens (including phenoxy) is 2. The van der Waals surface area contributed by atoms with Gasteiger partial charge in [0.25, 0.3) is 5.89 Å². The summed E-state index contributed by atoms with van der Waals surface area (Å²) in [6.07, 6.45) is 1.60. The van der Waals surface area contributed by atoms with Gasteiger partial charge in [-0.25, -0.2) is 4.79 Å². The van der Waals surface area contributed by atoms with Crippen LogP contribution in [-0.4, -0.2) is 45.8 Å². The number of carbonyl (C=O) groups excluding carboxylic acids is 2. The number of amides is 1. The van der Waals surface area contributed by atoms with E-state index < -0.39 is 11.7 Å². The van der Waals surface area contributed by atoms with Gasteiger partial charge in [0.05, 0.1) is 12.1 Å². The zero-order valence-electron chi connectivity index (χ0n) is 20.5. The van der Waals surface area contributed by atoms with Crippen LogP contribution in [0.4, 0.5) is 4.79 Å². The van der Waals surface area contributed by atoms with Crippen molar-refractivity contribution in [2.24, 2.45) is 0 Å². The molecule has 0 unspecified atom stereocenters. The van der Waals surface area contributed by atoms with Crippen LogP contribution in [0.25, 0.3) is 11.6 Å². The number of aryl methyl sites for hydroxylation is 1. The highest BCUT2D eigenvalue weighted by atomic mass is 79.9. The van der Waals surface area contributed by atoms with Crippen molar-refractivity contribution in [3.8, 4) is 17.3 Å². The highest BCUT2D eigenvalue weighted by Crippen LogP contribution is 2.40. The average Bonchev–Trinajstić information content (AvgIpc) is 3.43. The number of alkyl carbamates (subject to hydrolysis) is 1. The average molecular weight is 545 g/mol. The summed E-state index contributed by atoms with van der Waals surface area (Å²) in [7, 11) is 0. The molecule has 0 atom stereocenters. The fraction of sp³-hybridized carbons (Fsp3) is 0.440. The van der Waals surface area contributed by atoms with E-state index >= 15 is 0 Å². The first-order chi connectivity index (χ1) is 16.5. The number of halogens is 1. The van der Waals surface area contributed by atoms with E-state index in [9.17, 15) is 9.59 Å². The molecule has 35 heavy (non-hydrogen) atoms. The third-order valence-electron chi connectivity index (χ3n) is 5.46. The van der Waals surface area contributed by atoms with Crippen molar-refractivity contribution in [3.05, 3.63) is 50.9 Å². The van der Waals surface area contributed by atoms with Crippen LogP contribution in [0.15, 0.2) is 27.1 Å². The van der Waals surface area contributed by atoms with Crippen molar-refractivity contribution in [1.82, 2.24) is 20.5 Å². The van der Waals surface area contributed by atoms with Crippen molar-refractivity contribution < 1.29 is 23.5 Å². The minimum absolute atomic E-state index is 0.170. The third-order valence-corrected chi connectivity index (χ3v) is 5.95. The molecule has 3 aromatic rings. The number of aromatic amines is 1. The van der Waals surface area contributed by atoms with Crippen LogP contribution in [0, 0.1) is 13.8 Å². The van der Waals surface area contributed by atoms with Crippen LogP contribution >= 0.6 is 15.9 Å². The minimum Gasteiger partial charge on any atom is -0.491 e. The zero-order chi connectivity index (χ0) is 25.3. The summed E-state index contributed by atoms with van der Waals surface area (Å²) in [4.78, 5) is 28.7. The number of aromatic nitrogens is 3. The Morgan fingerprint density at radius 3 is 2.66 bits per heavy atom. The lowest BCUT2D eigenvalue weighted by Gasteiger charge is -2.19. The molecule has 4 rings (SSSR count). The Morgan fingerprint density at radius 1 is 1.23 bits per heavy atom. The number of H-pyrrole nitrogens is 1. The van der Waals surface area contributed by atoms with E-state index in [1.807, 2.05) is 13.8 Å². The van der Waals surface area contributed by atoms with E-state index in [1.165, 1.54) is 0 Å². The third kappa shape index (κ3) is 5.93. The molecule has 2 N–H and O–H groups in total. The topological polar surface area (TPSA) is 119 Å². The van der Waals surface area contributed by atoms with Gasteiger partial charge in [0, 0.05) is 21.6 Å². The number of benzene rings is 1. The molecule has 0 bridgehead atoms. The molecule has 0 aliphatic heterocycles. The molecule has 186 valence electrons. The van der Waals surface area contributed by atoms with Crippen LogP contribution in [0.3, 0.4) is 0 Å². The fourth-order valence-electron chi connectivity index (χ4n) is 3.70. The van der Waals surface area contributed by atoms with Gasteiger partial charge in [-0.1, -0.05) is 15.9 Å². The molecule has 1 amide bonds. The molecule has 1 fully saturated rings. The quantitative estimate of drug-likeness (QED) is 0.285. The summed E-state index contributed by atoms with van der Waals surface area (Å²) in [5.74, 6) is 1.59. The van der Waals surface area contributed by atoms with Crippen LogP contribution in [-0.2, 0) is 4.74 Å². The van der Waals surface area contributed by atoms with Crippen LogP contribution < -0.4 is 10.1 Å². The van der Waals surface area contributed by atoms with Gasteiger partial charge in [-0.2, -0.15) is 0 Å². The summed E-state index contributed by atoms with van der Waals surface area (Å²) in [6.45, 7) is 9.48. The summed E-state index contributed by atoms with van der Waals surface area (Å²) >= 11 is 3.44. The molecule has 2 heterocycles. The van der Waals surface area contributed by atoms with Crippen molar-refractivity contribution in [1.29, 1.82) is 0 Å². The van der Waals surface area contributed by atoms with Gasteiger partial charge in [-0.15, -0.1) is 10.2 Å². The normalized spacial score (nSPS) is 13.5. The number of carbonyl (C=O) groups is 2. The molecule has 1 aliphatic carbocycles. The Morgan fingerprint density at radius 2 is 1.97 bits per heavy atom. The first-order valence-corrected chi connectivity index (χ1v) is 12.3. The standard InChI is InChI=1S/C25H29BrN4O5/c1-13-19(14(2)28-20(13)23-30-29-22(34-23)15-6-7-15)21(31)17-12-16(26)8-9-18(17)33-11-10-27-24(32)35-25(3,4)5/h8-9,12,15,28H,6-7,10-11H2,1-5H3,(H,27,32). The second-order valence-corrected chi connectivity index (χ2v) is 10.5. The molecule has 10 heteroatoms. The first kappa shape index (κ1) is 25.0. The van der Waals surface area contributed by atoms with Gasteiger partial charge in [-0.05, 0) is 71.2 Å². The first-order valence-electron chi connectivity index (χ1n) is 11.5. The summed E-state index contributed by atoms with van der Waals surface area (Å²) in [6, 6.07) is 5.25. The van der Waals surface area contributed by atoms with Gasteiger partial charge < -0.3 is 24.2 Å². The van der Waals surface area contributed by atoms with Crippen molar-refractivity contribution in [2.45, 2.75) is 59.0 Å². The maximum Gasteiger partial charge on any atom is 0.407 e. The molecule has 2 aromatic heterocycles. The lowest BCUT2D eigenvalue weighted by Crippen LogP contribution is -2.34. The Labute approximate surface area is 212 Å². The molecular weight excluding hydrogens is 516 g/mol. The molecule has 1 aromatic carbocycles. The zero-order valence-corrected chi connectivity index (χ0v) is 22.0. The number of ketones is 1. The predicted octanol–water partition coefficient (Wildman–Crippen LogP) is 5.46. The number of nitrogens with zero attached hydrogens (tertiary/aromatic N) is 2. The maximum atomic E-state index is 13.6. The predicted molar refractivity (Wildman–Crippen MR) is 133 cm³/mol. The highest BCUT2D eigenvalue weighted by molar-refractivity contribution is 9.10. The summed E-state index contributed by atoms with van der Waals surface area (Å²) in [5, 5.41) is 11.0. The van der Waals surface area contributed by atoms with Crippen molar-refractivity contribution in [3.63, 3.8) is 0 Å². The van der Waals surface area contributed by atoms with E-state index in [1.54, 1.807) is 39.0 Å². The lowest BCUT2D eigenvalue weighted by atomic mass is 9.99. The van der Waals surface area contributed by atoms with Crippen LogP contribution in [0.5, 0.6) is 5.75 Å². The minimum atomic E-state index is -0.581. The highest BCUT2D eigenvalue weighted by Gasteiger charge is 2.31. The molecular formula is C25H29BrN4O5. The van der Waals surface area contributed by atoms with Crippen molar-refractivity contribution >= 4 is 27.8 Å². The fourth-order valence-corrected chi connectivity index (χ4v) is 4.06.